The van der Waals surface area contributed by atoms with Crippen molar-refractivity contribution in [1.29, 1.82) is 0 Å². The summed E-state index contributed by atoms with van der Waals surface area (Å²) in [6.45, 7) is 4.50. The zero-order chi connectivity index (χ0) is 14.7. The highest BCUT2D eigenvalue weighted by atomic mass is 35.5. The molecular weight excluding hydrogens is 293 g/mol. The van der Waals surface area contributed by atoms with Gasteiger partial charge in [0.15, 0.2) is 0 Å². The smallest absolute Gasteiger partial charge is 0.224 e. The van der Waals surface area contributed by atoms with Crippen LogP contribution >= 0.6 is 23.2 Å². The summed E-state index contributed by atoms with van der Waals surface area (Å²) in [6.07, 6.45) is 3.90. The molecule has 0 aliphatic heterocycles. The van der Waals surface area contributed by atoms with Crippen molar-refractivity contribution in [3.05, 3.63) is 33.8 Å². The number of nitrogens with one attached hydrogen (secondary N) is 1. The summed E-state index contributed by atoms with van der Waals surface area (Å²) in [6, 6.07) is 5.64. The molecule has 0 unspecified atom stereocenters. The third-order valence-electron chi connectivity index (χ3n) is 4.40. The van der Waals surface area contributed by atoms with Crippen LogP contribution in [0.25, 0.3) is 0 Å². The molecule has 0 heterocycles. The normalized spacial score (nSPS) is 26.3. The summed E-state index contributed by atoms with van der Waals surface area (Å²) in [4.78, 5) is 12.1. The molecule has 1 saturated carbocycles. The van der Waals surface area contributed by atoms with Gasteiger partial charge in [-0.25, -0.2) is 0 Å². The minimum absolute atomic E-state index is 0.0642. The van der Waals surface area contributed by atoms with Crippen molar-refractivity contribution in [3.63, 3.8) is 0 Å². The van der Waals surface area contributed by atoms with Crippen molar-refractivity contribution < 1.29 is 4.79 Å². The van der Waals surface area contributed by atoms with Crippen molar-refractivity contribution in [1.82, 2.24) is 5.32 Å². The summed E-state index contributed by atoms with van der Waals surface area (Å²) in [5.74, 6) is 1.29. The number of amides is 1. The highest BCUT2D eigenvalue weighted by molar-refractivity contribution is 6.42. The topological polar surface area (TPSA) is 29.1 Å². The summed E-state index contributed by atoms with van der Waals surface area (Å²) in [5.41, 5.74) is 0.897. The van der Waals surface area contributed by atoms with E-state index in [0.717, 1.165) is 12.0 Å². The second kappa shape index (κ2) is 6.82. The minimum atomic E-state index is 0.0642. The Labute approximate surface area is 130 Å². The van der Waals surface area contributed by atoms with Gasteiger partial charge in [-0.15, -0.1) is 0 Å². The fourth-order valence-electron chi connectivity index (χ4n) is 2.88. The van der Waals surface area contributed by atoms with Gasteiger partial charge in [-0.05, 0) is 36.0 Å². The van der Waals surface area contributed by atoms with Crippen LogP contribution in [0.15, 0.2) is 18.2 Å². The summed E-state index contributed by atoms with van der Waals surface area (Å²) in [7, 11) is 0. The molecule has 1 aliphatic rings. The predicted molar refractivity (Wildman–Crippen MR) is 84.3 cm³/mol. The van der Waals surface area contributed by atoms with Crippen molar-refractivity contribution in [3.8, 4) is 0 Å². The van der Waals surface area contributed by atoms with Gasteiger partial charge in [0.1, 0.15) is 0 Å². The Balaban J connectivity index is 1.93. The zero-order valence-corrected chi connectivity index (χ0v) is 13.5. The number of benzene rings is 1. The van der Waals surface area contributed by atoms with Crippen LogP contribution in [0.4, 0.5) is 0 Å². The number of hydrogen-bond acceptors (Lipinski definition) is 1. The average Bonchev–Trinajstić information content (AvgIpc) is 2.39. The molecule has 1 aromatic carbocycles. The van der Waals surface area contributed by atoms with Gasteiger partial charge >= 0.3 is 0 Å². The Hall–Kier alpha value is -0.730. The molecule has 1 fully saturated rings. The van der Waals surface area contributed by atoms with Gasteiger partial charge < -0.3 is 5.32 Å². The van der Waals surface area contributed by atoms with E-state index in [4.69, 9.17) is 23.2 Å². The van der Waals surface area contributed by atoms with Crippen molar-refractivity contribution in [2.45, 2.75) is 45.6 Å². The van der Waals surface area contributed by atoms with E-state index in [1.807, 2.05) is 6.07 Å². The molecule has 2 nitrogen and oxygen atoms in total. The van der Waals surface area contributed by atoms with Gasteiger partial charge in [-0.2, -0.15) is 0 Å². The standard InChI is InChI=1S/C16H21Cl2NO/c1-10-4-3-5-15(11(10)2)19-16(20)9-12-6-7-13(17)14(18)8-12/h6-8,10-11,15H,3-5,9H2,1-2H3,(H,19,20)/t10-,11-,15-/m1/s1. The van der Waals surface area contributed by atoms with Crippen LogP contribution in [-0.4, -0.2) is 11.9 Å². The molecule has 0 saturated heterocycles. The van der Waals surface area contributed by atoms with Crippen LogP contribution in [0, 0.1) is 11.8 Å². The van der Waals surface area contributed by atoms with Crippen LogP contribution in [0.3, 0.4) is 0 Å². The lowest BCUT2D eigenvalue weighted by Gasteiger charge is -2.34. The molecule has 20 heavy (non-hydrogen) atoms. The maximum absolute atomic E-state index is 12.1. The van der Waals surface area contributed by atoms with E-state index < -0.39 is 0 Å². The fourth-order valence-corrected chi connectivity index (χ4v) is 3.20. The quantitative estimate of drug-likeness (QED) is 0.876. The number of hydrogen-bond donors (Lipinski definition) is 1. The monoisotopic (exact) mass is 313 g/mol. The van der Waals surface area contributed by atoms with Crippen LogP contribution in [0.1, 0.15) is 38.7 Å². The zero-order valence-electron chi connectivity index (χ0n) is 12.0. The molecule has 3 atom stereocenters. The SMILES string of the molecule is C[C@@H]1[C@H](C)CCC[C@H]1NC(=O)Cc1ccc(Cl)c(Cl)c1. The van der Waals surface area contributed by atoms with E-state index in [0.29, 0.717) is 34.3 Å². The Morgan fingerprint density at radius 3 is 2.70 bits per heavy atom. The van der Waals surface area contributed by atoms with Crippen LogP contribution in [0.2, 0.25) is 10.0 Å². The Morgan fingerprint density at radius 2 is 2.00 bits per heavy atom. The van der Waals surface area contributed by atoms with Gasteiger partial charge in [-0.1, -0.05) is 56.0 Å². The molecular formula is C16H21Cl2NO. The largest absolute Gasteiger partial charge is 0.353 e. The lowest BCUT2D eigenvalue weighted by molar-refractivity contribution is -0.121. The molecule has 1 N–H and O–H groups in total. The van der Waals surface area contributed by atoms with Gasteiger partial charge in [0.25, 0.3) is 0 Å². The van der Waals surface area contributed by atoms with Gasteiger partial charge in [0, 0.05) is 6.04 Å². The Kier molecular flexibility index (Phi) is 5.34. The highest BCUT2D eigenvalue weighted by Crippen LogP contribution is 2.29. The minimum Gasteiger partial charge on any atom is -0.353 e. The van der Waals surface area contributed by atoms with Gasteiger partial charge in [0.2, 0.25) is 5.91 Å². The van der Waals surface area contributed by atoms with E-state index in [1.54, 1.807) is 12.1 Å². The Bertz CT molecular complexity index is 489. The first-order chi connectivity index (χ1) is 9.47. The molecule has 0 aromatic heterocycles. The average molecular weight is 314 g/mol. The Morgan fingerprint density at radius 1 is 1.25 bits per heavy atom. The lowest BCUT2D eigenvalue weighted by Crippen LogP contribution is -2.44. The van der Waals surface area contributed by atoms with E-state index >= 15 is 0 Å². The number of carbonyl (C=O) groups excluding carboxylic acids is 1. The summed E-state index contributed by atoms with van der Waals surface area (Å²) >= 11 is 11.8. The number of halogens is 2. The van der Waals surface area contributed by atoms with E-state index in [-0.39, 0.29) is 5.91 Å². The third kappa shape index (κ3) is 3.89. The molecule has 2 rings (SSSR count). The highest BCUT2D eigenvalue weighted by Gasteiger charge is 2.27. The van der Waals surface area contributed by atoms with Crippen LogP contribution < -0.4 is 5.32 Å². The second-order valence-electron chi connectivity index (χ2n) is 5.87. The summed E-state index contributed by atoms with van der Waals surface area (Å²) < 4.78 is 0. The first-order valence-electron chi connectivity index (χ1n) is 7.20. The molecule has 0 bridgehead atoms. The molecule has 1 aromatic rings. The molecule has 1 aliphatic carbocycles. The maximum Gasteiger partial charge on any atom is 0.224 e. The van der Waals surface area contributed by atoms with Crippen LogP contribution in [0.5, 0.6) is 0 Å². The van der Waals surface area contributed by atoms with E-state index in [1.165, 1.54) is 12.8 Å². The summed E-state index contributed by atoms with van der Waals surface area (Å²) in [5, 5.41) is 4.18. The second-order valence-corrected chi connectivity index (χ2v) is 6.68. The molecule has 110 valence electrons. The number of rotatable bonds is 3. The molecule has 1 amide bonds. The maximum atomic E-state index is 12.1. The van der Waals surface area contributed by atoms with Gasteiger partial charge in [-0.3, -0.25) is 4.79 Å². The molecule has 0 spiro atoms. The third-order valence-corrected chi connectivity index (χ3v) is 5.14. The lowest BCUT2D eigenvalue weighted by atomic mass is 9.78. The predicted octanol–water partition coefficient (Wildman–Crippen LogP) is 4.48. The van der Waals surface area contributed by atoms with Crippen molar-refractivity contribution in [2.75, 3.05) is 0 Å². The van der Waals surface area contributed by atoms with Gasteiger partial charge in [0.05, 0.1) is 16.5 Å². The van der Waals surface area contributed by atoms with Crippen molar-refractivity contribution >= 4 is 29.1 Å². The number of carbonyl (C=O) groups is 1. The molecule has 0 radical (unpaired) electrons. The molecule has 4 heteroatoms. The first-order valence-corrected chi connectivity index (χ1v) is 7.96. The van der Waals surface area contributed by atoms with E-state index in [2.05, 4.69) is 19.2 Å². The first kappa shape index (κ1) is 15.7. The van der Waals surface area contributed by atoms with E-state index in [9.17, 15) is 4.79 Å². The van der Waals surface area contributed by atoms with Crippen LogP contribution in [-0.2, 0) is 11.2 Å². The fraction of sp³-hybridized carbons (Fsp3) is 0.562. The van der Waals surface area contributed by atoms with Crippen molar-refractivity contribution in [2.24, 2.45) is 11.8 Å².